The fraction of sp³-hybridized carbons (Fsp3) is 0.316. The molecule has 1 fully saturated rings. The molecule has 0 unspecified atom stereocenters. The molecule has 1 heterocycles. The van der Waals surface area contributed by atoms with Crippen molar-refractivity contribution in [3.63, 3.8) is 0 Å². The first-order valence-electron chi connectivity index (χ1n) is 8.16. The third-order valence-corrected chi connectivity index (χ3v) is 4.98. The Kier molecular flexibility index (Phi) is 5.23. The van der Waals surface area contributed by atoms with Crippen molar-refractivity contribution in [2.75, 3.05) is 29.1 Å². The molecule has 1 N–H and O–H groups in total. The lowest BCUT2D eigenvalue weighted by Gasteiger charge is -2.18. The third-order valence-electron chi connectivity index (χ3n) is 4.03. The van der Waals surface area contributed by atoms with Crippen molar-refractivity contribution in [3.05, 3.63) is 54.1 Å². The highest BCUT2D eigenvalue weighted by molar-refractivity contribution is 7.99. The quantitative estimate of drug-likeness (QED) is 0.812. The molecule has 4 heteroatoms. The number of benzene rings is 2. The van der Waals surface area contributed by atoms with Crippen molar-refractivity contribution in [1.29, 1.82) is 0 Å². The van der Waals surface area contributed by atoms with Gasteiger partial charge in [-0.15, -0.1) is 11.8 Å². The van der Waals surface area contributed by atoms with E-state index in [0.29, 0.717) is 0 Å². The molecule has 1 aliphatic heterocycles. The van der Waals surface area contributed by atoms with E-state index in [0.717, 1.165) is 35.0 Å². The molecule has 2 aromatic carbocycles. The minimum atomic E-state index is -0.0459. The van der Waals surface area contributed by atoms with Crippen LogP contribution in [-0.4, -0.2) is 24.7 Å². The van der Waals surface area contributed by atoms with Crippen molar-refractivity contribution >= 4 is 29.0 Å². The van der Waals surface area contributed by atoms with Crippen molar-refractivity contribution in [2.45, 2.75) is 24.7 Å². The first kappa shape index (κ1) is 15.9. The van der Waals surface area contributed by atoms with Gasteiger partial charge in [0, 0.05) is 29.4 Å². The lowest BCUT2D eigenvalue weighted by atomic mass is 10.2. The summed E-state index contributed by atoms with van der Waals surface area (Å²) in [6, 6.07) is 15.9. The van der Waals surface area contributed by atoms with Gasteiger partial charge in [0.15, 0.2) is 0 Å². The van der Waals surface area contributed by atoms with E-state index in [9.17, 15) is 4.79 Å². The normalized spacial score (nSPS) is 14.0. The van der Waals surface area contributed by atoms with E-state index in [1.807, 2.05) is 36.4 Å². The maximum absolute atomic E-state index is 12.5. The Morgan fingerprint density at radius 3 is 2.48 bits per heavy atom. The van der Waals surface area contributed by atoms with Gasteiger partial charge in [-0.3, -0.25) is 4.79 Å². The van der Waals surface area contributed by atoms with Crippen molar-refractivity contribution in [2.24, 2.45) is 0 Å². The summed E-state index contributed by atoms with van der Waals surface area (Å²) in [6.07, 6.45) is 2.54. The fourth-order valence-corrected chi connectivity index (χ4v) is 3.67. The summed E-state index contributed by atoms with van der Waals surface area (Å²) >= 11 is 1.69. The van der Waals surface area contributed by atoms with Gasteiger partial charge in [-0.05, 0) is 55.0 Å². The number of carbonyl (C=O) groups is 1. The van der Waals surface area contributed by atoms with Crippen LogP contribution in [0.1, 0.15) is 30.1 Å². The van der Waals surface area contributed by atoms with Crippen LogP contribution in [0.4, 0.5) is 11.4 Å². The van der Waals surface area contributed by atoms with E-state index in [1.165, 1.54) is 18.5 Å². The highest BCUT2D eigenvalue weighted by Gasteiger charge is 2.13. The Labute approximate surface area is 142 Å². The van der Waals surface area contributed by atoms with E-state index in [1.54, 1.807) is 11.8 Å². The summed E-state index contributed by atoms with van der Waals surface area (Å²) in [5, 5.41) is 3.00. The Bertz CT molecular complexity index is 663. The van der Waals surface area contributed by atoms with Gasteiger partial charge in [0.2, 0.25) is 0 Å². The Hall–Kier alpha value is -1.94. The van der Waals surface area contributed by atoms with Gasteiger partial charge in [0.05, 0.1) is 5.56 Å². The highest BCUT2D eigenvalue weighted by Crippen LogP contribution is 2.25. The summed E-state index contributed by atoms with van der Waals surface area (Å²) in [5.41, 5.74) is 2.82. The topological polar surface area (TPSA) is 32.3 Å². The average Bonchev–Trinajstić information content (AvgIpc) is 3.11. The molecular formula is C19H22N2OS. The molecule has 120 valence electrons. The van der Waals surface area contributed by atoms with E-state index < -0.39 is 0 Å². The fourth-order valence-electron chi connectivity index (χ4n) is 2.86. The van der Waals surface area contributed by atoms with Crippen LogP contribution in [-0.2, 0) is 0 Å². The molecule has 3 rings (SSSR count). The first-order chi connectivity index (χ1) is 11.3. The maximum atomic E-state index is 12.5. The number of rotatable bonds is 5. The van der Waals surface area contributed by atoms with E-state index in [2.05, 4.69) is 29.3 Å². The largest absolute Gasteiger partial charge is 0.372 e. The van der Waals surface area contributed by atoms with Crippen LogP contribution in [0.2, 0.25) is 0 Å². The minimum absolute atomic E-state index is 0.0459. The Morgan fingerprint density at radius 1 is 1.09 bits per heavy atom. The molecule has 1 amide bonds. The summed E-state index contributed by atoms with van der Waals surface area (Å²) in [6.45, 7) is 4.36. The van der Waals surface area contributed by atoms with E-state index >= 15 is 0 Å². The second-order valence-corrected chi connectivity index (χ2v) is 6.93. The van der Waals surface area contributed by atoms with Crippen LogP contribution >= 0.6 is 11.8 Å². The minimum Gasteiger partial charge on any atom is -0.372 e. The number of hydrogen-bond donors (Lipinski definition) is 1. The number of anilines is 2. The monoisotopic (exact) mass is 326 g/mol. The lowest BCUT2D eigenvalue weighted by molar-refractivity contribution is 0.102. The van der Waals surface area contributed by atoms with Gasteiger partial charge in [0.25, 0.3) is 5.91 Å². The Balaban J connectivity index is 1.70. The molecule has 0 radical (unpaired) electrons. The molecule has 0 bridgehead atoms. The van der Waals surface area contributed by atoms with Crippen LogP contribution in [0.25, 0.3) is 0 Å². The van der Waals surface area contributed by atoms with Crippen LogP contribution < -0.4 is 10.2 Å². The SMILES string of the molecule is CCSc1ccccc1C(=O)Nc1ccc(N2CCCC2)cc1. The summed E-state index contributed by atoms with van der Waals surface area (Å²) < 4.78 is 0. The zero-order chi connectivity index (χ0) is 16.1. The van der Waals surface area contributed by atoms with Crippen LogP contribution in [0.5, 0.6) is 0 Å². The average molecular weight is 326 g/mol. The van der Waals surface area contributed by atoms with Crippen molar-refractivity contribution in [3.8, 4) is 0 Å². The predicted molar refractivity (Wildman–Crippen MR) is 98.7 cm³/mol. The van der Waals surface area contributed by atoms with Gasteiger partial charge < -0.3 is 10.2 Å². The molecule has 0 aliphatic carbocycles. The van der Waals surface area contributed by atoms with Gasteiger partial charge in [-0.2, -0.15) is 0 Å². The van der Waals surface area contributed by atoms with Crippen LogP contribution in [0.15, 0.2) is 53.4 Å². The number of thioether (sulfide) groups is 1. The Morgan fingerprint density at radius 2 is 1.78 bits per heavy atom. The maximum Gasteiger partial charge on any atom is 0.256 e. The summed E-state index contributed by atoms with van der Waals surface area (Å²) in [5.74, 6) is 0.907. The number of nitrogens with one attached hydrogen (secondary N) is 1. The molecular weight excluding hydrogens is 304 g/mol. The number of hydrogen-bond acceptors (Lipinski definition) is 3. The van der Waals surface area contributed by atoms with E-state index in [4.69, 9.17) is 0 Å². The second-order valence-electron chi connectivity index (χ2n) is 5.62. The molecule has 1 aliphatic rings. The lowest BCUT2D eigenvalue weighted by Crippen LogP contribution is -2.17. The van der Waals surface area contributed by atoms with Crippen LogP contribution in [0, 0.1) is 0 Å². The zero-order valence-electron chi connectivity index (χ0n) is 13.4. The summed E-state index contributed by atoms with van der Waals surface area (Å²) in [7, 11) is 0. The van der Waals surface area contributed by atoms with Gasteiger partial charge >= 0.3 is 0 Å². The smallest absolute Gasteiger partial charge is 0.256 e. The highest BCUT2D eigenvalue weighted by atomic mass is 32.2. The number of amides is 1. The number of carbonyl (C=O) groups excluding carboxylic acids is 1. The molecule has 0 aromatic heterocycles. The molecule has 0 spiro atoms. The molecule has 3 nitrogen and oxygen atoms in total. The predicted octanol–water partition coefficient (Wildman–Crippen LogP) is 4.65. The van der Waals surface area contributed by atoms with Crippen LogP contribution in [0.3, 0.4) is 0 Å². The number of nitrogens with zero attached hydrogens (tertiary/aromatic N) is 1. The molecule has 0 atom stereocenters. The third kappa shape index (κ3) is 3.88. The van der Waals surface area contributed by atoms with Gasteiger partial charge in [-0.25, -0.2) is 0 Å². The molecule has 0 saturated carbocycles. The van der Waals surface area contributed by atoms with Crippen molar-refractivity contribution < 1.29 is 4.79 Å². The zero-order valence-corrected chi connectivity index (χ0v) is 14.2. The summed E-state index contributed by atoms with van der Waals surface area (Å²) in [4.78, 5) is 15.9. The second kappa shape index (κ2) is 7.55. The first-order valence-corrected chi connectivity index (χ1v) is 9.14. The molecule has 2 aromatic rings. The van der Waals surface area contributed by atoms with Crippen molar-refractivity contribution in [1.82, 2.24) is 0 Å². The van der Waals surface area contributed by atoms with Gasteiger partial charge in [0.1, 0.15) is 0 Å². The molecule has 23 heavy (non-hydrogen) atoms. The van der Waals surface area contributed by atoms with Gasteiger partial charge in [-0.1, -0.05) is 19.1 Å². The van der Waals surface area contributed by atoms with E-state index in [-0.39, 0.29) is 5.91 Å². The molecule has 1 saturated heterocycles. The standard InChI is InChI=1S/C19H22N2OS/c1-2-23-18-8-4-3-7-17(18)19(22)20-15-9-11-16(12-10-15)21-13-5-6-14-21/h3-4,7-12H,2,5-6,13-14H2,1H3,(H,20,22).